The van der Waals surface area contributed by atoms with Crippen LogP contribution in [0.25, 0.3) is 0 Å². The average molecular weight is 543 g/mol. The number of rotatable bonds is 22. The fourth-order valence-corrected chi connectivity index (χ4v) is 8.92. The molecule has 0 aliphatic carbocycles. The lowest BCUT2D eigenvalue weighted by atomic mass is 10.5. The maximum absolute atomic E-state index is 6.06. The smallest absolute Gasteiger partial charge is 0.374 e. The van der Waals surface area contributed by atoms with E-state index in [9.17, 15) is 0 Å². The van der Waals surface area contributed by atoms with Crippen LogP contribution in [0.2, 0.25) is 12.1 Å². The molecule has 0 aromatic carbocycles. The molecule has 0 spiro atoms. The molecule has 0 aromatic rings. The number of hydrogen-bond donors (Lipinski definition) is 4. The number of nitrogens with one attached hydrogen (secondary N) is 2. The van der Waals surface area contributed by atoms with Crippen LogP contribution < -0.4 is 22.1 Å². The van der Waals surface area contributed by atoms with Gasteiger partial charge in [-0.25, -0.2) is 0 Å². The summed E-state index contributed by atoms with van der Waals surface area (Å²) in [5.41, 5.74) is 10.9. The highest BCUT2D eigenvalue weighted by Gasteiger charge is 2.43. The van der Waals surface area contributed by atoms with Gasteiger partial charge in [-0.2, -0.15) is 0 Å². The Morgan fingerprint density at radius 1 is 0.543 bits per heavy atom. The van der Waals surface area contributed by atoms with Crippen LogP contribution in [-0.2, 0) is 26.6 Å². The van der Waals surface area contributed by atoms with Crippen molar-refractivity contribution < 1.29 is 26.6 Å². The maximum atomic E-state index is 6.06. The molecule has 214 valence electrons. The summed E-state index contributed by atoms with van der Waals surface area (Å²) in [4.78, 5) is 0. The largest absolute Gasteiger partial charge is 0.502 e. The molecule has 10 nitrogen and oxygen atoms in total. The first kappa shape index (κ1) is 37.2. The summed E-state index contributed by atoms with van der Waals surface area (Å²) in [5, 5.41) is 6.52. The van der Waals surface area contributed by atoms with Crippen molar-refractivity contribution in [3.05, 3.63) is 0 Å². The summed E-state index contributed by atoms with van der Waals surface area (Å²) in [6.07, 6.45) is 0.288. The molecule has 0 heterocycles. The van der Waals surface area contributed by atoms with Gasteiger partial charge < -0.3 is 48.7 Å². The minimum Gasteiger partial charge on any atom is -0.374 e. The molecule has 0 aliphatic heterocycles. The normalized spacial score (nSPS) is 12.5. The van der Waals surface area contributed by atoms with E-state index in [1.165, 1.54) is 0 Å². The van der Waals surface area contributed by atoms with Crippen LogP contribution >= 0.6 is 0 Å². The molecule has 0 saturated carbocycles. The first-order valence-corrected chi connectivity index (χ1v) is 17.2. The zero-order valence-corrected chi connectivity index (χ0v) is 26.1. The third-order valence-corrected chi connectivity index (χ3v) is 10.6. The van der Waals surface area contributed by atoms with E-state index in [2.05, 4.69) is 10.6 Å². The Morgan fingerprint density at radius 2 is 0.857 bits per heavy atom. The van der Waals surface area contributed by atoms with Crippen LogP contribution in [0, 0.1) is 0 Å². The van der Waals surface area contributed by atoms with Crippen molar-refractivity contribution in [1.82, 2.24) is 10.6 Å². The fourth-order valence-electron chi connectivity index (χ4n) is 3.28. The zero-order chi connectivity index (χ0) is 27.2. The van der Waals surface area contributed by atoms with Crippen molar-refractivity contribution in [1.29, 1.82) is 0 Å². The summed E-state index contributed by atoms with van der Waals surface area (Å²) in [6, 6.07) is 1.56. The summed E-state index contributed by atoms with van der Waals surface area (Å²) >= 11 is 0. The second kappa shape index (κ2) is 23.2. The predicted molar refractivity (Wildman–Crippen MR) is 149 cm³/mol. The molecule has 0 unspecified atom stereocenters. The molecule has 0 fully saturated rings. The van der Waals surface area contributed by atoms with E-state index in [0.717, 1.165) is 38.3 Å². The third-order valence-electron chi connectivity index (χ3n) is 4.20. The molecular formula is C23H58N4O6Si2. The summed E-state index contributed by atoms with van der Waals surface area (Å²) in [7, 11) is -5.09. The van der Waals surface area contributed by atoms with Crippen LogP contribution in [0.1, 0.15) is 62.3 Å². The van der Waals surface area contributed by atoms with Gasteiger partial charge in [0.15, 0.2) is 0 Å². The molecule has 12 heteroatoms. The van der Waals surface area contributed by atoms with Crippen molar-refractivity contribution in [3.8, 4) is 0 Å². The third kappa shape index (κ3) is 20.7. The lowest BCUT2D eigenvalue weighted by molar-refractivity contribution is 0.00336. The zero-order valence-electron chi connectivity index (χ0n) is 24.1. The fraction of sp³-hybridized carbons (Fsp3) is 1.00. The topological polar surface area (TPSA) is 131 Å². The van der Waals surface area contributed by atoms with Crippen molar-refractivity contribution in [2.24, 2.45) is 11.5 Å². The van der Waals surface area contributed by atoms with Gasteiger partial charge in [0.05, 0.1) is 0 Å². The Kier molecular flexibility index (Phi) is 24.6. The van der Waals surface area contributed by atoms with Gasteiger partial charge in [-0.15, -0.1) is 0 Å². The van der Waals surface area contributed by atoms with E-state index in [4.69, 9.17) is 38.0 Å². The number of hydrogen-bond acceptors (Lipinski definition) is 10. The van der Waals surface area contributed by atoms with Crippen LogP contribution in [0.15, 0.2) is 0 Å². The van der Waals surface area contributed by atoms with Crippen LogP contribution in [0.3, 0.4) is 0 Å². The summed E-state index contributed by atoms with van der Waals surface area (Å²) in [6.45, 7) is 24.4. The van der Waals surface area contributed by atoms with Crippen molar-refractivity contribution in [2.75, 3.05) is 59.1 Å². The van der Waals surface area contributed by atoms with E-state index in [0.29, 0.717) is 32.9 Å². The van der Waals surface area contributed by atoms with E-state index < -0.39 is 17.6 Å². The second-order valence-electron chi connectivity index (χ2n) is 8.74. The standard InChI is InChI=1S/C13H32N2O3Si.C10H26N2O3Si/c1-11(2)16-19(17-12(3)4,18-13(5)6)10-9-15-8-7-14;1-4-13-16(14-5-2,15-6-3)10-9-12-8-7-11/h11-13,15H,7-10,14H2,1-6H3;12H,4-11H2,1-3H3. The molecule has 0 bridgehead atoms. The molecule has 6 N–H and O–H groups in total. The number of nitrogens with two attached hydrogens (primary N) is 2. The van der Waals surface area contributed by atoms with E-state index in [1.807, 2.05) is 62.3 Å². The molecule has 0 atom stereocenters. The van der Waals surface area contributed by atoms with Gasteiger partial charge in [0.2, 0.25) is 0 Å². The Balaban J connectivity index is 0. The molecule has 0 saturated heterocycles. The van der Waals surface area contributed by atoms with Crippen LogP contribution in [0.5, 0.6) is 0 Å². The van der Waals surface area contributed by atoms with Crippen LogP contribution in [0.4, 0.5) is 0 Å². The summed E-state index contributed by atoms with van der Waals surface area (Å²) < 4.78 is 35.3. The molecule has 0 amide bonds. The van der Waals surface area contributed by atoms with Gasteiger partial charge in [-0.1, -0.05) is 0 Å². The highest BCUT2D eigenvalue weighted by atomic mass is 28.4. The predicted octanol–water partition coefficient (Wildman–Crippen LogP) is 2.33. The molecule has 0 aromatic heterocycles. The molecule has 35 heavy (non-hydrogen) atoms. The average Bonchev–Trinajstić information content (AvgIpc) is 2.74. The lowest BCUT2D eigenvalue weighted by Crippen LogP contribution is -2.52. The first-order valence-electron chi connectivity index (χ1n) is 13.3. The minimum absolute atomic E-state index is 0.0960. The van der Waals surface area contributed by atoms with Crippen molar-refractivity contribution >= 4 is 17.6 Å². The monoisotopic (exact) mass is 542 g/mol. The SMILES string of the molecule is CC(C)O[Si](CCNCCN)(OC(C)C)OC(C)C.CCO[Si](CCNCCN)(OCC)OCC. The van der Waals surface area contributed by atoms with Gasteiger partial charge in [0, 0.05) is 76.4 Å². The minimum atomic E-state index is -2.64. The Hall–Kier alpha value is 0.0338. The van der Waals surface area contributed by atoms with Crippen LogP contribution in [-0.4, -0.2) is 95.0 Å². The first-order chi connectivity index (χ1) is 16.6. The molecule has 0 radical (unpaired) electrons. The lowest BCUT2D eigenvalue weighted by Gasteiger charge is -2.34. The van der Waals surface area contributed by atoms with Gasteiger partial charge >= 0.3 is 17.6 Å². The maximum Gasteiger partial charge on any atom is 0.502 e. The van der Waals surface area contributed by atoms with Gasteiger partial charge in [-0.05, 0) is 75.4 Å². The molecule has 0 rings (SSSR count). The Morgan fingerprint density at radius 3 is 1.11 bits per heavy atom. The Bertz CT molecular complexity index is 422. The van der Waals surface area contributed by atoms with Gasteiger partial charge in [0.1, 0.15) is 0 Å². The van der Waals surface area contributed by atoms with Gasteiger partial charge in [0.25, 0.3) is 0 Å². The molecular weight excluding hydrogens is 484 g/mol. The van der Waals surface area contributed by atoms with Crippen molar-refractivity contribution in [2.45, 2.75) is 92.7 Å². The highest BCUT2D eigenvalue weighted by molar-refractivity contribution is 6.61. The van der Waals surface area contributed by atoms with E-state index in [-0.39, 0.29) is 18.3 Å². The van der Waals surface area contributed by atoms with E-state index >= 15 is 0 Å². The Labute approximate surface area is 218 Å². The van der Waals surface area contributed by atoms with Crippen molar-refractivity contribution in [3.63, 3.8) is 0 Å². The molecule has 0 aliphatic rings. The quantitative estimate of drug-likeness (QED) is 0.119. The highest BCUT2D eigenvalue weighted by Crippen LogP contribution is 2.21. The van der Waals surface area contributed by atoms with E-state index in [1.54, 1.807) is 0 Å². The summed E-state index contributed by atoms with van der Waals surface area (Å²) in [5.74, 6) is 0. The second-order valence-corrected chi connectivity index (χ2v) is 14.0. The van der Waals surface area contributed by atoms with Gasteiger partial charge in [-0.3, -0.25) is 0 Å².